The van der Waals surface area contributed by atoms with Gasteiger partial charge in [-0.1, -0.05) is 44.2 Å². The first-order chi connectivity index (χ1) is 14.4. The fraction of sp³-hybridized carbons (Fsp3) is 0.417. The van der Waals surface area contributed by atoms with E-state index in [1.54, 1.807) is 4.68 Å². The topological polar surface area (TPSA) is 76.5 Å². The van der Waals surface area contributed by atoms with Crippen molar-refractivity contribution < 1.29 is 4.79 Å². The zero-order chi connectivity index (χ0) is 21.0. The van der Waals surface area contributed by atoms with Gasteiger partial charge in [-0.15, -0.1) is 0 Å². The van der Waals surface area contributed by atoms with Gasteiger partial charge < -0.3 is 0 Å². The maximum atomic E-state index is 12.7. The Hall–Kier alpha value is -3.20. The summed E-state index contributed by atoms with van der Waals surface area (Å²) in [5.74, 6) is 0.524. The molecular formula is C24H25N5O. The molecule has 0 amide bonds. The summed E-state index contributed by atoms with van der Waals surface area (Å²) in [6.45, 7) is 4.20. The fourth-order valence-corrected chi connectivity index (χ4v) is 5.71. The normalized spacial score (nSPS) is 27.9. The van der Waals surface area contributed by atoms with Gasteiger partial charge in [0.1, 0.15) is 11.7 Å². The lowest BCUT2D eigenvalue weighted by atomic mass is 9.54. The molecule has 0 spiro atoms. The third kappa shape index (κ3) is 2.58. The van der Waals surface area contributed by atoms with Crippen LogP contribution in [0.15, 0.2) is 42.7 Å². The van der Waals surface area contributed by atoms with Crippen LogP contribution in [0.1, 0.15) is 38.1 Å². The molecule has 4 atom stereocenters. The summed E-state index contributed by atoms with van der Waals surface area (Å²) in [7, 11) is 1.92. The lowest BCUT2D eigenvalue weighted by Gasteiger charge is -2.48. The van der Waals surface area contributed by atoms with Crippen molar-refractivity contribution in [2.45, 2.75) is 38.5 Å². The second-order valence-corrected chi connectivity index (χ2v) is 8.94. The van der Waals surface area contributed by atoms with Gasteiger partial charge in [-0.05, 0) is 25.2 Å². The molecule has 0 N–H and O–H groups in total. The molecule has 1 unspecified atom stereocenters. The molecule has 6 nitrogen and oxygen atoms in total. The van der Waals surface area contributed by atoms with E-state index in [1.807, 2.05) is 44.6 Å². The van der Waals surface area contributed by atoms with E-state index in [-0.39, 0.29) is 23.0 Å². The van der Waals surface area contributed by atoms with Crippen LogP contribution >= 0.6 is 0 Å². The number of rotatable bonds is 2. The van der Waals surface area contributed by atoms with Crippen LogP contribution in [-0.4, -0.2) is 25.1 Å². The molecule has 1 aromatic carbocycles. The summed E-state index contributed by atoms with van der Waals surface area (Å²) in [6.07, 6.45) is 6.21. The van der Waals surface area contributed by atoms with Crippen molar-refractivity contribution in [2.75, 3.05) is 0 Å². The number of aryl methyl sites for hydroxylation is 1. The molecule has 6 heteroatoms. The number of carbonyl (C=O) groups excluding carboxylic acids is 1. The largest absolute Gasteiger partial charge is 0.298 e. The zero-order valence-corrected chi connectivity index (χ0v) is 17.5. The SMILES string of the molecule is C[C@@H]1C(=O)C(C#N)C[C@]2(C)c3nc(-c4ccccc4)n(-c4cnn(C)c4)c3CC[C@@H]12. The van der Waals surface area contributed by atoms with E-state index in [9.17, 15) is 10.1 Å². The zero-order valence-electron chi connectivity index (χ0n) is 17.5. The first kappa shape index (κ1) is 18.8. The standard InChI is InChI=1S/C24H25N5O/c1-15-19-9-10-20-22(24(19,2)11-17(12-25)21(15)30)27-23(16-7-5-4-6-8-16)29(20)18-13-26-28(3)14-18/h4-8,13-15,17,19H,9-11H2,1-3H3/t15-,17?,19-,24-/m0/s1. The molecule has 152 valence electrons. The van der Waals surface area contributed by atoms with Gasteiger partial charge in [-0.3, -0.25) is 14.0 Å². The number of hydrogen-bond donors (Lipinski definition) is 0. The second kappa shape index (κ2) is 6.66. The minimum Gasteiger partial charge on any atom is -0.298 e. The van der Waals surface area contributed by atoms with Gasteiger partial charge in [-0.25, -0.2) is 4.98 Å². The third-order valence-corrected chi connectivity index (χ3v) is 7.19. The van der Waals surface area contributed by atoms with E-state index in [0.717, 1.165) is 35.6 Å². The molecule has 3 aromatic rings. The van der Waals surface area contributed by atoms with E-state index in [4.69, 9.17) is 4.98 Å². The Morgan fingerprint density at radius 2 is 2.03 bits per heavy atom. The van der Waals surface area contributed by atoms with Crippen LogP contribution < -0.4 is 0 Å². The van der Waals surface area contributed by atoms with Crippen molar-refractivity contribution in [2.24, 2.45) is 24.8 Å². The molecule has 1 saturated carbocycles. The van der Waals surface area contributed by atoms with Crippen LogP contribution in [0.4, 0.5) is 0 Å². The number of Topliss-reactive ketones (excluding diaryl/α,β-unsaturated/α-hetero) is 1. The number of aromatic nitrogens is 4. The average Bonchev–Trinajstić information content (AvgIpc) is 3.35. The Morgan fingerprint density at radius 3 is 2.70 bits per heavy atom. The third-order valence-electron chi connectivity index (χ3n) is 7.19. The van der Waals surface area contributed by atoms with Crippen LogP contribution in [0, 0.1) is 29.1 Å². The number of hydrogen-bond acceptors (Lipinski definition) is 4. The van der Waals surface area contributed by atoms with Crippen molar-refractivity contribution >= 4 is 5.78 Å². The summed E-state index contributed by atoms with van der Waals surface area (Å²) in [5.41, 5.74) is 3.97. The molecule has 30 heavy (non-hydrogen) atoms. The molecule has 2 aliphatic rings. The number of benzene rings is 1. The molecule has 0 aliphatic heterocycles. The Morgan fingerprint density at radius 1 is 1.27 bits per heavy atom. The predicted octanol–water partition coefficient (Wildman–Crippen LogP) is 3.84. The number of carbonyl (C=O) groups is 1. The Labute approximate surface area is 176 Å². The number of fused-ring (bicyclic) bond motifs is 3. The lowest BCUT2D eigenvalue weighted by Crippen LogP contribution is -2.50. The first-order valence-electron chi connectivity index (χ1n) is 10.5. The summed E-state index contributed by atoms with van der Waals surface area (Å²) in [5, 5.41) is 14.0. The van der Waals surface area contributed by atoms with Crippen LogP contribution in [0.25, 0.3) is 17.1 Å². The second-order valence-electron chi connectivity index (χ2n) is 8.94. The van der Waals surface area contributed by atoms with Crippen LogP contribution in [-0.2, 0) is 23.7 Å². The molecule has 0 bridgehead atoms. The van der Waals surface area contributed by atoms with E-state index < -0.39 is 5.92 Å². The van der Waals surface area contributed by atoms with Crippen molar-refractivity contribution in [3.63, 3.8) is 0 Å². The van der Waals surface area contributed by atoms with Gasteiger partial charge in [-0.2, -0.15) is 10.4 Å². The van der Waals surface area contributed by atoms with Crippen molar-refractivity contribution in [1.82, 2.24) is 19.3 Å². The summed E-state index contributed by atoms with van der Waals surface area (Å²) >= 11 is 0. The highest BCUT2D eigenvalue weighted by Gasteiger charge is 2.53. The highest BCUT2D eigenvalue weighted by Crippen LogP contribution is 2.53. The molecule has 5 rings (SSSR count). The highest BCUT2D eigenvalue weighted by molar-refractivity contribution is 5.87. The van der Waals surface area contributed by atoms with Crippen molar-refractivity contribution in [3.05, 3.63) is 54.1 Å². The van der Waals surface area contributed by atoms with Gasteiger partial charge >= 0.3 is 0 Å². The average molecular weight is 399 g/mol. The minimum absolute atomic E-state index is 0.0957. The number of nitrogens with zero attached hydrogens (tertiary/aromatic N) is 5. The van der Waals surface area contributed by atoms with E-state index in [1.165, 1.54) is 5.69 Å². The molecule has 2 aliphatic carbocycles. The monoisotopic (exact) mass is 399 g/mol. The fourth-order valence-electron chi connectivity index (χ4n) is 5.71. The smallest absolute Gasteiger partial charge is 0.153 e. The molecular weight excluding hydrogens is 374 g/mol. The van der Waals surface area contributed by atoms with Gasteiger partial charge in [0.15, 0.2) is 5.78 Å². The Bertz CT molecular complexity index is 1170. The van der Waals surface area contributed by atoms with Gasteiger partial charge in [0.2, 0.25) is 0 Å². The minimum atomic E-state index is -0.559. The van der Waals surface area contributed by atoms with Crippen LogP contribution in [0.5, 0.6) is 0 Å². The Balaban J connectivity index is 1.75. The quantitative estimate of drug-likeness (QED) is 0.656. The lowest BCUT2D eigenvalue weighted by molar-refractivity contribution is -0.132. The maximum absolute atomic E-state index is 12.7. The highest BCUT2D eigenvalue weighted by atomic mass is 16.1. The molecule has 0 radical (unpaired) electrons. The number of imidazole rings is 1. The summed E-state index contributed by atoms with van der Waals surface area (Å²) in [4.78, 5) is 17.9. The molecule has 0 saturated heterocycles. The van der Waals surface area contributed by atoms with E-state index in [0.29, 0.717) is 6.42 Å². The number of nitriles is 1. The predicted molar refractivity (Wildman–Crippen MR) is 113 cm³/mol. The van der Waals surface area contributed by atoms with Crippen molar-refractivity contribution in [3.8, 4) is 23.1 Å². The van der Waals surface area contributed by atoms with E-state index >= 15 is 0 Å². The maximum Gasteiger partial charge on any atom is 0.153 e. The first-order valence-corrected chi connectivity index (χ1v) is 10.5. The molecule has 2 aromatic heterocycles. The van der Waals surface area contributed by atoms with Crippen LogP contribution in [0.2, 0.25) is 0 Å². The number of ketones is 1. The van der Waals surface area contributed by atoms with Crippen LogP contribution in [0.3, 0.4) is 0 Å². The molecule has 1 fully saturated rings. The van der Waals surface area contributed by atoms with Crippen molar-refractivity contribution in [1.29, 1.82) is 5.26 Å². The summed E-state index contributed by atoms with van der Waals surface area (Å²) in [6, 6.07) is 12.5. The van der Waals surface area contributed by atoms with Gasteiger partial charge in [0, 0.05) is 35.8 Å². The van der Waals surface area contributed by atoms with Gasteiger partial charge in [0.25, 0.3) is 0 Å². The Kier molecular flexibility index (Phi) is 4.18. The van der Waals surface area contributed by atoms with Gasteiger partial charge in [0.05, 0.1) is 23.6 Å². The van der Waals surface area contributed by atoms with E-state index in [2.05, 4.69) is 34.8 Å². The summed E-state index contributed by atoms with van der Waals surface area (Å²) < 4.78 is 4.03. The molecule has 2 heterocycles.